The molecule has 1 aliphatic heterocycles. The largest absolute Gasteiger partial charge is 0.348 e. The van der Waals surface area contributed by atoms with E-state index in [2.05, 4.69) is 63.2 Å². The van der Waals surface area contributed by atoms with E-state index in [1.165, 1.54) is 93.7 Å². The third kappa shape index (κ3) is 7.43. The Labute approximate surface area is 214 Å². The SMILES string of the molecule is CCCCCCC[C@H]1CC[C@H](c2ccc(-c3ccc(C4OCC(CCC)CO4)cc3)c(C)c2)CC1. The second kappa shape index (κ2) is 13.6. The normalized spacial score (nSPS) is 25.0. The Hall–Kier alpha value is -1.64. The Kier molecular flexibility index (Phi) is 10.3. The summed E-state index contributed by atoms with van der Waals surface area (Å²) >= 11 is 0. The first-order valence-electron chi connectivity index (χ1n) is 14.6. The van der Waals surface area contributed by atoms with Crippen LogP contribution >= 0.6 is 0 Å². The minimum absolute atomic E-state index is 0.216. The summed E-state index contributed by atoms with van der Waals surface area (Å²) in [5, 5.41) is 0. The molecule has 2 aromatic carbocycles. The molecule has 0 amide bonds. The number of benzene rings is 2. The van der Waals surface area contributed by atoms with E-state index in [1.54, 1.807) is 5.56 Å². The second-order valence-corrected chi connectivity index (χ2v) is 11.3. The topological polar surface area (TPSA) is 18.5 Å². The average Bonchev–Trinajstić information content (AvgIpc) is 2.90. The fourth-order valence-electron chi connectivity index (χ4n) is 6.22. The first kappa shape index (κ1) is 26.4. The molecule has 0 aromatic heterocycles. The molecule has 2 aliphatic rings. The van der Waals surface area contributed by atoms with Crippen molar-refractivity contribution in [2.24, 2.45) is 11.8 Å². The van der Waals surface area contributed by atoms with Crippen molar-refractivity contribution >= 4 is 0 Å². The monoisotopic (exact) mass is 476 g/mol. The molecule has 1 saturated carbocycles. The van der Waals surface area contributed by atoms with Crippen molar-refractivity contribution in [3.05, 3.63) is 59.2 Å². The number of aryl methyl sites for hydroxylation is 1. The molecule has 0 bridgehead atoms. The summed E-state index contributed by atoms with van der Waals surface area (Å²) in [4.78, 5) is 0. The fourth-order valence-corrected chi connectivity index (χ4v) is 6.22. The van der Waals surface area contributed by atoms with Gasteiger partial charge in [-0.1, -0.05) is 101 Å². The summed E-state index contributed by atoms with van der Waals surface area (Å²) in [7, 11) is 0. The molecule has 35 heavy (non-hydrogen) atoms. The highest BCUT2D eigenvalue weighted by Crippen LogP contribution is 2.39. The molecule has 192 valence electrons. The molecule has 1 heterocycles. The third-order valence-corrected chi connectivity index (χ3v) is 8.44. The quantitative estimate of drug-likeness (QED) is 0.300. The van der Waals surface area contributed by atoms with Gasteiger partial charge in [-0.05, 0) is 73.1 Å². The molecule has 2 nitrogen and oxygen atoms in total. The minimum Gasteiger partial charge on any atom is -0.348 e. The summed E-state index contributed by atoms with van der Waals surface area (Å²) in [5.74, 6) is 2.27. The van der Waals surface area contributed by atoms with Crippen LogP contribution in [-0.2, 0) is 9.47 Å². The van der Waals surface area contributed by atoms with Crippen LogP contribution in [0.3, 0.4) is 0 Å². The van der Waals surface area contributed by atoms with Gasteiger partial charge in [-0.2, -0.15) is 0 Å². The van der Waals surface area contributed by atoms with Gasteiger partial charge in [-0.25, -0.2) is 0 Å². The van der Waals surface area contributed by atoms with Crippen molar-refractivity contribution in [2.45, 2.75) is 110 Å². The summed E-state index contributed by atoms with van der Waals surface area (Å²) in [5.41, 5.74) is 6.69. The van der Waals surface area contributed by atoms with Gasteiger partial charge in [0.15, 0.2) is 6.29 Å². The Balaban J connectivity index is 1.28. The molecule has 0 atom stereocenters. The fraction of sp³-hybridized carbons (Fsp3) is 0.636. The lowest BCUT2D eigenvalue weighted by Crippen LogP contribution is -2.26. The molecule has 4 rings (SSSR count). The van der Waals surface area contributed by atoms with Gasteiger partial charge >= 0.3 is 0 Å². The van der Waals surface area contributed by atoms with Crippen molar-refractivity contribution in [3.8, 4) is 11.1 Å². The number of ether oxygens (including phenoxy) is 2. The van der Waals surface area contributed by atoms with Gasteiger partial charge in [-0.3, -0.25) is 0 Å². The Bertz CT molecular complexity index is 870. The molecule has 0 N–H and O–H groups in total. The van der Waals surface area contributed by atoms with Crippen LogP contribution in [0.2, 0.25) is 0 Å². The predicted molar refractivity (Wildman–Crippen MR) is 148 cm³/mol. The van der Waals surface area contributed by atoms with Crippen LogP contribution in [0.1, 0.15) is 120 Å². The maximum atomic E-state index is 6.00. The van der Waals surface area contributed by atoms with Gasteiger partial charge in [0.05, 0.1) is 13.2 Å². The van der Waals surface area contributed by atoms with E-state index in [4.69, 9.17) is 9.47 Å². The number of unbranched alkanes of at least 4 members (excludes halogenated alkanes) is 4. The molecular weight excluding hydrogens is 428 g/mol. The summed E-state index contributed by atoms with van der Waals surface area (Å²) in [6, 6.07) is 16.0. The van der Waals surface area contributed by atoms with Gasteiger partial charge in [0.1, 0.15) is 0 Å². The van der Waals surface area contributed by atoms with E-state index >= 15 is 0 Å². The third-order valence-electron chi connectivity index (χ3n) is 8.44. The van der Waals surface area contributed by atoms with Crippen LogP contribution in [0.25, 0.3) is 11.1 Å². The van der Waals surface area contributed by atoms with Crippen molar-refractivity contribution in [3.63, 3.8) is 0 Å². The van der Waals surface area contributed by atoms with Crippen molar-refractivity contribution < 1.29 is 9.47 Å². The highest BCUT2D eigenvalue weighted by molar-refractivity contribution is 5.68. The van der Waals surface area contributed by atoms with Crippen molar-refractivity contribution in [1.82, 2.24) is 0 Å². The first-order chi connectivity index (χ1) is 17.2. The maximum absolute atomic E-state index is 6.00. The summed E-state index contributed by atoms with van der Waals surface area (Å²) in [6.45, 7) is 8.41. The number of hydrogen-bond donors (Lipinski definition) is 0. The predicted octanol–water partition coefficient (Wildman–Crippen LogP) is 9.76. The lowest BCUT2D eigenvalue weighted by atomic mass is 9.76. The standard InChI is InChI=1S/C33H48O2/c1-4-6-7-8-9-11-26-12-14-28(15-13-26)31-20-21-32(25(3)22-31)29-16-18-30(19-17-29)33-34-23-27(10-5-2)24-35-33/h16-22,26-28,33H,4-15,23-24H2,1-3H3/t26-,27?,28-,33?. The van der Waals surface area contributed by atoms with Crippen LogP contribution < -0.4 is 0 Å². The zero-order valence-electron chi connectivity index (χ0n) is 22.6. The van der Waals surface area contributed by atoms with Gasteiger partial charge in [0.2, 0.25) is 0 Å². The van der Waals surface area contributed by atoms with E-state index in [1.807, 2.05) is 0 Å². The molecular formula is C33H48O2. The van der Waals surface area contributed by atoms with Gasteiger partial charge < -0.3 is 9.47 Å². The molecule has 2 heteroatoms. The lowest BCUT2D eigenvalue weighted by Gasteiger charge is -2.29. The molecule has 1 aliphatic carbocycles. The van der Waals surface area contributed by atoms with E-state index in [0.717, 1.165) is 30.6 Å². The highest BCUT2D eigenvalue weighted by Gasteiger charge is 2.24. The zero-order valence-corrected chi connectivity index (χ0v) is 22.6. The Morgan fingerprint density at radius 1 is 0.686 bits per heavy atom. The Morgan fingerprint density at radius 2 is 1.37 bits per heavy atom. The van der Waals surface area contributed by atoms with E-state index in [9.17, 15) is 0 Å². The van der Waals surface area contributed by atoms with Crippen molar-refractivity contribution in [2.75, 3.05) is 13.2 Å². The van der Waals surface area contributed by atoms with Crippen LogP contribution in [0.4, 0.5) is 0 Å². The average molecular weight is 477 g/mol. The van der Waals surface area contributed by atoms with Crippen LogP contribution in [0.5, 0.6) is 0 Å². The Morgan fingerprint density at radius 3 is 2.03 bits per heavy atom. The molecule has 0 unspecified atom stereocenters. The summed E-state index contributed by atoms with van der Waals surface area (Å²) in [6.07, 6.45) is 16.3. The number of rotatable bonds is 11. The van der Waals surface area contributed by atoms with E-state index in [-0.39, 0.29) is 6.29 Å². The van der Waals surface area contributed by atoms with Crippen LogP contribution in [0.15, 0.2) is 42.5 Å². The minimum atomic E-state index is -0.216. The summed E-state index contributed by atoms with van der Waals surface area (Å²) < 4.78 is 12.0. The number of hydrogen-bond acceptors (Lipinski definition) is 2. The van der Waals surface area contributed by atoms with Crippen LogP contribution in [0, 0.1) is 18.8 Å². The van der Waals surface area contributed by atoms with Gasteiger partial charge in [-0.15, -0.1) is 0 Å². The second-order valence-electron chi connectivity index (χ2n) is 11.3. The smallest absolute Gasteiger partial charge is 0.183 e. The highest BCUT2D eigenvalue weighted by atomic mass is 16.7. The lowest BCUT2D eigenvalue weighted by molar-refractivity contribution is -0.206. The van der Waals surface area contributed by atoms with Crippen molar-refractivity contribution in [1.29, 1.82) is 0 Å². The van der Waals surface area contributed by atoms with Gasteiger partial charge in [0, 0.05) is 11.5 Å². The maximum Gasteiger partial charge on any atom is 0.183 e. The zero-order chi connectivity index (χ0) is 24.5. The van der Waals surface area contributed by atoms with Gasteiger partial charge in [0.25, 0.3) is 0 Å². The van der Waals surface area contributed by atoms with E-state index < -0.39 is 0 Å². The molecule has 0 radical (unpaired) electrons. The van der Waals surface area contributed by atoms with Crippen LogP contribution in [-0.4, -0.2) is 13.2 Å². The van der Waals surface area contributed by atoms with E-state index in [0.29, 0.717) is 5.92 Å². The molecule has 2 fully saturated rings. The molecule has 0 spiro atoms. The first-order valence-corrected chi connectivity index (χ1v) is 14.6. The molecule has 1 saturated heterocycles. The molecule has 2 aromatic rings.